The van der Waals surface area contributed by atoms with Gasteiger partial charge < -0.3 is 4.90 Å². The lowest BCUT2D eigenvalue weighted by atomic mass is 9.77. The summed E-state index contributed by atoms with van der Waals surface area (Å²) in [6, 6.07) is 2.04. The summed E-state index contributed by atoms with van der Waals surface area (Å²) < 4.78 is 0. The quantitative estimate of drug-likeness (QED) is 0.709. The predicted molar refractivity (Wildman–Crippen MR) is 126 cm³/mol. The standard InChI is InChI=1S/C26H31N5O/c1-4-18-8-9-19-6-5-7-20(12-17-13-21-24(29-14-17)28-11-10-27-21)30-25(22(19)23(18)32)31-15-26(2,3)16-31/h7,10-11,13-14,18H,4-6,8-9,12,15-16H2,1-3H3/b20-7-,30-25?. The first-order valence-corrected chi connectivity index (χ1v) is 11.8. The van der Waals surface area contributed by atoms with Gasteiger partial charge in [-0.25, -0.2) is 15.0 Å². The number of likely N-dealkylation sites (tertiary alicyclic amines) is 1. The van der Waals surface area contributed by atoms with Crippen LogP contribution in [0.4, 0.5) is 0 Å². The maximum atomic E-state index is 13.5. The molecule has 0 spiro atoms. The van der Waals surface area contributed by atoms with E-state index in [1.807, 2.05) is 12.3 Å². The van der Waals surface area contributed by atoms with Gasteiger partial charge in [-0.05, 0) is 49.1 Å². The van der Waals surface area contributed by atoms with Crippen molar-refractivity contribution in [3.63, 3.8) is 0 Å². The Balaban J connectivity index is 1.51. The SMILES string of the molecule is CCC1CCC2=C(C1=O)C(N1CC(C)(C)C1)=N/C(Cc1cnc3nccnc3c1)=C\CC2. The minimum atomic E-state index is 0.128. The van der Waals surface area contributed by atoms with Crippen LogP contribution in [0.25, 0.3) is 11.2 Å². The minimum Gasteiger partial charge on any atom is -0.355 e. The number of nitrogens with zero attached hydrogens (tertiary/aromatic N) is 5. The molecule has 1 unspecified atom stereocenters. The molecule has 0 radical (unpaired) electrons. The van der Waals surface area contributed by atoms with E-state index < -0.39 is 0 Å². The van der Waals surface area contributed by atoms with Crippen molar-refractivity contribution >= 4 is 22.8 Å². The molecule has 32 heavy (non-hydrogen) atoms. The van der Waals surface area contributed by atoms with Gasteiger partial charge in [-0.3, -0.25) is 9.78 Å². The molecule has 166 valence electrons. The second-order valence-electron chi connectivity index (χ2n) is 10.1. The van der Waals surface area contributed by atoms with Crippen LogP contribution in [0.1, 0.15) is 58.4 Å². The number of rotatable bonds is 3. The molecule has 2 aromatic heterocycles. The molecule has 0 amide bonds. The molecule has 0 saturated carbocycles. The number of hydrogen-bond donors (Lipinski definition) is 0. The second kappa shape index (κ2) is 8.23. The second-order valence-corrected chi connectivity index (χ2v) is 10.1. The van der Waals surface area contributed by atoms with Crippen molar-refractivity contribution in [2.75, 3.05) is 13.1 Å². The van der Waals surface area contributed by atoms with Gasteiger partial charge in [-0.2, -0.15) is 0 Å². The van der Waals surface area contributed by atoms with Crippen molar-refractivity contribution in [3.8, 4) is 0 Å². The van der Waals surface area contributed by atoms with Gasteiger partial charge in [0, 0.05) is 49.7 Å². The first-order valence-electron chi connectivity index (χ1n) is 11.8. The first kappa shape index (κ1) is 21.0. The summed E-state index contributed by atoms with van der Waals surface area (Å²) >= 11 is 0. The minimum absolute atomic E-state index is 0.128. The molecule has 5 rings (SSSR count). The number of carbonyl (C=O) groups excluding carboxylic acids is 1. The Morgan fingerprint density at radius 2 is 1.94 bits per heavy atom. The van der Waals surface area contributed by atoms with Crippen molar-refractivity contribution in [2.45, 2.75) is 59.3 Å². The predicted octanol–water partition coefficient (Wildman–Crippen LogP) is 4.67. The van der Waals surface area contributed by atoms with Gasteiger partial charge in [0.2, 0.25) is 0 Å². The largest absolute Gasteiger partial charge is 0.355 e. The van der Waals surface area contributed by atoms with E-state index in [4.69, 9.17) is 4.99 Å². The van der Waals surface area contributed by atoms with Crippen LogP contribution in [-0.4, -0.2) is 44.6 Å². The van der Waals surface area contributed by atoms with Crippen LogP contribution < -0.4 is 0 Å². The number of hydrogen-bond acceptors (Lipinski definition) is 6. The summed E-state index contributed by atoms with van der Waals surface area (Å²) in [6.45, 7) is 8.55. The molecule has 2 aromatic rings. The van der Waals surface area contributed by atoms with Gasteiger partial charge in [0.1, 0.15) is 11.4 Å². The van der Waals surface area contributed by atoms with E-state index in [0.29, 0.717) is 17.9 Å². The summed E-state index contributed by atoms with van der Waals surface area (Å²) in [5.41, 5.74) is 6.01. The smallest absolute Gasteiger partial charge is 0.178 e. The molecule has 1 aliphatic carbocycles. The van der Waals surface area contributed by atoms with Gasteiger partial charge in [-0.15, -0.1) is 0 Å². The maximum absolute atomic E-state index is 13.5. The number of amidine groups is 1. The molecular formula is C26H31N5O. The van der Waals surface area contributed by atoms with Crippen LogP contribution in [-0.2, 0) is 11.2 Å². The average Bonchev–Trinajstić information content (AvgIpc) is 2.74. The Labute approximate surface area is 189 Å². The molecule has 0 bridgehead atoms. The third-order valence-corrected chi connectivity index (χ3v) is 6.86. The highest BCUT2D eigenvalue weighted by atomic mass is 16.1. The summed E-state index contributed by atoms with van der Waals surface area (Å²) in [7, 11) is 0. The zero-order chi connectivity index (χ0) is 22.3. The Hall–Kier alpha value is -2.89. The molecule has 4 heterocycles. The van der Waals surface area contributed by atoms with Gasteiger partial charge in [0.15, 0.2) is 11.4 Å². The Morgan fingerprint density at radius 3 is 2.72 bits per heavy atom. The highest BCUT2D eigenvalue weighted by Gasteiger charge is 2.41. The Kier molecular flexibility index (Phi) is 5.39. The fourth-order valence-electron chi connectivity index (χ4n) is 5.22. The summed E-state index contributed by atoms with van der Waals surface area (Å²) in [5, 5.41) is 0. The van der Waals surface area contributed by atoms with Crippen molar-refractivity contribution < 1.29 is 4.79 Å². The molecule has 3 aliphatic rings. The van der Waals surface area contributed by atoms with Gasteiger partial charge >= 0.3 is 0 Å². The summed E-state index contributed by atoms with van der Waals surface area (Å²) in [5.74, 6) is 1.34. The summed E-state index contributed by atoms with van der Waals surface area (Å²) in [6.07, 6.45) is 12.9. The third kappa shape index (κ3) is 3.98. The average molecular weight is 430 g/mol. The topological polar surface area (TPSA) is 71.3 Å². The van der Waals surface area contributed by atoms with Gasteiger partial charge in [0.25, 0.3) is 0 Å². The molecule has 0 aromatic carbocycles. The van der Waals surface area contributed by atoms with Crippen molar-refractivity contribution in [1.29, 1.82) is 0 Å². The maximum Gasteiger partial charge on any atom is 0.178 e. The van der Waals surface area contributed by atoms with E-state index in [2.05, 4.69) is 46.7 Å². The zero-order valence-corrected chi connectivity index (χ0v) is 19.3. The van der Waals surface area contributed by atoms with Gasteiger partial charge in [0.05, 0.1) is 5.57 Å². The van der Waals surface area contributed by atoms with E-state index in [1.165, 1.54) is 5.57 Å². The highest BCUT2D eigenvalue weighted by molar-refractivity contribution is 6.23. The van der Waals surface area contributed by atoms with Crippen LogP contribution in [0.5, 0.6) is 0 Å². The summed E-state index contributed by atoms with van der Waals surface area (Å²) in [4.78, 5) is 34.1. The fraction of sp³-hybridized carbons (Fsp3) is 0.500. The molecule has 1 saturated heterocycles. The number of allylic oxidation sites excluding steroid dienone is 3. The molecule has 1 fully saturated rings. The van der Waals surface area contributed by atoms with Crippen LogP contribution in [0.15, 0.2) is 52.6 Å². The highest BCUT2D eigenvalue weighted by Crippen LogP contribution is 2.38. The number of fused-ring (bicyclic) bond motifs is 1. The molecule has 1 atom stereocenters. The Bertz CT molecular complexity index is 1150. The monoisotopic (exact) mass is 429 g/mol. The van der Waals surface area contributed by atoms with E-state index in [-0.39, 0.29) is 11.3 Å². The lowest BCUT2D eigenvalue weighted by Crippen LogP contribution is -2.57. The number of ketones is 1. The van der Waals surface area contributed by atoms with Crippen LogP contribution >= 0.6 is 0 Å². The van der Waals surface area contributed by atoms with E-state index >= 15 is 0 Å². The van der Waals surface area contributed by atoms with E-state index in [9.17, 15) is 4.79 Å². The van der Waals surface area contributed by atoms with Crippen LogP contribution in [0, 0.1) is 11.3 Å². The molecule has 6 nitrogen and oxygen atoms in total. The van der Waals surface area contributed by atoms with Crippen LogP contribution in [0.2, 0.25) is 0 Å². The lowest BCUT2D eigenvalue weighted by molar-refractivity contribution is -0.119. The van der Waals surface area contributed by atoms with Crippen LogP contribution in [0.3, 0.4) is 0 Å². The van der Waals surface area contributed by atoms with Crippen molar-refractivity contribution in [2.24, 2.45) is 16.3 Å². The normalized spacial score (nSPS) is 24.8. The zero-order valence-electron chi connectivity index (χ0n) is 19.3. The first-order chi connectivity index (χ1) is 15.4. The van der Waals surface area contributed by atoms with E-state index in [1.54, 1.807) is 12.4 Å². The number of carbonyl (C=O) groups is 1. The molecule has 2 aliphatic heterocycles. The molecular weight excluding hydrogens is 398 g/mol. The number of pyridine rings is 1. The fourth-order valence-corrected chi connectivity index (χ4v) is 5.22. The van der Waals surface area contributed by atoms with Crippen molar-refractivity contribution in [3.05, 3.63) is 53.1 Å². The molecule has 0 N–H and O–H groups in total. The number of aliphatic imine (C=N–C) groups is 1. The third-order valence-electron chi connectivity index (χ3n) is 6.86. The lowest BCUT2D eigenvalue weighted by Gasteiger charge is -2.48. The molecule has 6 heteroatoms. The van der Waals surface area contributed by atoms with E-state index in [0.717, 1.165) is 73.4 Å². The Morgan fingerprint density at radius 1 is 1.12 bits per heavy atom. The van der Waals surface area contributed by atoms with Gasteiger partial charge in [-0.1, -0.05) is 32.4 Å². The number of Topliss-reactive ketones (excluding diaryl/α,β-unsaturated/α-hetero) is 1. The van der Waals surface area contributed by atoms with Crippen molar-refractivity contribution in [1.82, 2.24) is 19.9 Å². The number of aromatic nitrogens is 3.